The Morgan fingerprint density at radius 3 is 2.81 bits per heavy atom. The molecule has 3 amide bonds. The van der Waals surface area contributed by atoms with Crippen molar-refractivity contribution < 1.29 is 23.5 Å². The van der Waals surface area contributed by atoms with Crippen LogP contribution in [0.1, 0.15) is 18.4 Å². The molecule has 2 fully saturated rings. The maximum atomic E-state index is 13.2. The number of benzene rings is 1. The molecule has 7 nitrogen and oxygen atoms in total. The third kappa shape index (κ3) is 4.56. The second-order valence-electron chi connectivity index (χ2n) is 7.03. The number of hydrogen-bond acceptors (Lipinski definition) is 4. The van der Waals surface area contributed by atoms with Gasteiger partial charge in [-0.15, -0.1) is 0 Å². The molecule has 0 aromatic heterocycles. The first-order valence-corrected chi connectivity index (χ1v) is 9.18. The van der Waals surface area contributed by atoms with Gasteiger partial charge in [0.1, 0.15) is 5.82 Å². The van der Waals surface area contributed by atoms with Crippen LogP contribution in [-0.2, 0) is 20.8 Å². The van der Waals surface area contributed by atoms with E-state index < -0.39 is 5.54 Å². The van der Waals surface area contributed by atoms with E-state index in [0.717, 1.165) is 5.56 Å². The lowest BCUT2D eigenvalue weighted by molar-refractivity contribution is -0.137. The lowest BCUT2D eigenvalue weighted by atomic mass is 9.94. The average Bonchev–Trinajstić information content (AvgIpc) is 3.08. The summed E-state index contributed by atoms with van der Waals surface area (Å²) in [5.41, 5.74) is 0.301. The molecule has 1 atom stereocenters. The van der Waals surface area contributed by atoms with Crippen molar-refractivity contribution in [3.8, 4) is 0 Å². The fourth-order valence-corrected chi connectivity index (χ4v) is 3.66. The van der Waals surface area contributed by atoms with Gasteiger partial charge >= 0.3 is 6.03 Å². The van der Waals surface area contributed by atoms with E-state index in [1.165, 1.54) is 12.1 Å². The maximum absolute atomic E-state index is 13.2. The first-order chi connectivity index (χ1) is 13.0. The number of amides is 3. The summed E-state index contributed by atoms with van der Waals surface area (Å²) in [5.74, 6) is -0.323. The van der Waals surface area contributed by atoms with Gasteiger partial charge in [-0.05, 0) is 24.1 Å². The first-order valence-electron chi connectivity index (χ1n) is 9.18. The Kier molecular flexibility index (Phi) is 6.28. The number of halogens is 1. The number of nitrogens with zero attached hydrogens (tertiary/aromatic N) is 2. The van der Waals surface area contributed by atoms with Gasteiger partial charge in [-0.2, -0.15) is 0 Å². The highest BCUT2D eigenvalue weighted by Crippen LogP contribution is 2.32. The van der Waals surface area contributed by atoms with E-state index >= 15 is 0 Å². The highest BCUT2D eigenvalue weighted by atomic mass is 19.1. The van der Waals surface area contributed by atoms with Gasteiger partial charge in [0.15, 0.2) is 0 Å². The van der Waals surface area contributed by atoms with Crippen LogP contribution < -0.4 is 5.32 Å². The third-order valence-electron chi connectivity index (χ3n) is 5.16. The number of rotatable bonds is 5. The van der Waals surface area contributed by atoms with Crippen molar-refractivity contribution in [1.29, 1.82) is 0 Å². The monoisotopic (exact) mass is 379 g/mol. The number of hydrogen-bond donors (Lipinski definition) is 1. The molecule has 148 valence electrons. The zero-order chi connectivity index (χ0) is 19.3. The van der Waals surface area contributed by atoms with Crippen LogP contribution in [0, 0.1) is 5.82 Å². The van der Waals surface area contributed by atoms with Crippen LogP contribution in [-0.4, -0.2) is 73.8 Å². The Labute approximate surface area is 158 Å². The number of urea groups is 1. The fraction of sp³-hybridized carbons (Fsp3) is 0.579. The van der Waals surface area contributed by atoms with E-state index in [4.69, 9.17) is 9.47 Å². The van der Waals surface area contributed by atoms with E-state index in [1.54, 1.807) is 24.1 Å². The van der Waals surface area contributed by atoms with Gasteiger partial charge in [0.25, 0.3) is 0 Å². The number of ether oxygens (including phenoxy) is 2. The van der Waals surface area contributed by atoms with Gasteiger partial charge in [0.2, 0.25) is 5.91 Å². The number of nitrogens with one attached hydrogen (secondary N) is 1. The second-order valence-corrected chi connectivity index (χ2v) is 7.03. The van der Waals surface area contributed by atoms with Crippen LogP contribution in [0.4, 0.5) is 9.18 Å². The third-order valence-corrected chi connectivity index (χ3v) is 5.16. The zero-order valence-electron chi connectivity index (χ0n) is 15.6. The molecule has 1 spiro atoms. The largest absolute Gasteiger partial charge is 0.383 e. The minimum Gasteiger partial charge on any atom is -0.383 e. The van der Waals surface area contributed by atoms with Crippen LogP contribution in [0.2, 0.25) is 0 Å². The lowest BCUT2D eigenvalue weighted by Gasteiger charge is -2.40. The average molecular weight is 379 g/mol. The van der Waals surface area contributed by atoms with Gasteiger partial charge < -0.3 is 24.6 Å². The van der Waals surface area contributed by atoms with Crippen molar-refractivity contribution in [2.75, 3.05) is 46.6 Å². The summed E-state index contributed by atoms with van der Waals surface area (Å²) in [6.45, 7) is 2.94. The molecule has 1 aromatic rings. The summed E-state index contributed by atoms with van der Waals surface area (Å²) < 4.78 is 23.8. The summed E-state index contributed by atoms with van der Waals surface area (Å²) >= 11 is 0. The first kappa shape index (κ1) is 19.6. The van der Waals surface area contributed by atoms with Crippen molar-refractivity contribution in [1.82, 2.24) is 15.1 Å². The van der Waals surface area contributed by atoms with Crippen LogP contribution >= 0.6 is 0 Å². The molecule has 0 aliphatic carbocycles. The normalized spacial score (nSPS) is 23.0. The number of methoxy groups -OCH3 is 1. The number of carbonyl (C=O) groups excluding carboxylic acids is 2. The predicted octanol–water partition coefficient (Wildman–Crippen LogP) is 1.38. The summed E-state index contributed by atoms with van der Waals surface area (Å²) in [6, 6.07) is 5.96. The molecule has 0 radical (unpaired) electrons. The molecule has 0 bridgehead atoms. The molecule has 27 heavy (non-hydrogen) atoms. The molecule has 1 N–H and O–H groups in total. The summed E-state index contributed by atoms with van der Waals surface area (Å²) in [6.07, 6.45) is 0.919. The van der Waals surface area contributed by atoms with Crippen LogP contribution in [0.25, 0.3) is 0 Å². The Balaban J connectivity index is 1.78. The highest BCUT2D eigenvalue weighted by molar-refractivity contribution is 5.80. The Hall–Kier alpha value is -2.19. The molecule has 2 saturated heterocycles. The highest BCUT2D eigenvalue weighted by Gasteiger charge is 2.47. The molecule has 8 heteroatoms. The van der Waals surface area contributed by atoms with Crippen molar-refractivity contribution in [2.24, 2.45) is 0 Å². The number of carbonyl (C=O) groups is 2. The van der Waals surface area contributed by atoms with E-state index in [-0.39, 0.29) is 24.2 Å². The summed E-state index contributed by atoms with van der Waals surface area (Å²) in [7, 11) is 1.58. The molecule has 2 aliphatic heterocycles. The van der Waals surface area contributed by atoms with Gasteiger partial charge in [0.05, 0.1) is 18.8 Å². The molecule has 1 aromatic carbocycles. The zero-order valence-corrected chi connectivity index (χ0v) is 15.6. The lowest BCUT2D eigenvalue weighted by Crippen LogP contribution is -2.57. The van der Waals surface area contributed by atoms with E-state index in [9.17, 15) is 14.0 Å². The van der Waals surface area contributed by atoms with Gasteiger partial charge in [-0.1, -0.05) is 12.1 Å². The van der Waals surface area contributed by atoms with Crippen molar-refractivity contribution in [3.05, 3.63) is 35.6 Å². The molecule has 2 aliphatic rings. The molecule has 1 unspecified atom stereocenters. The van der Waals surface area contributed by atoms with Crippen molar-refractivity contribution in [3.63, 3.8) is 0 Å². The van der Waals surface area contributed by atoms with Gasteiger partial charge in [-0.25, -0.2) is 9.18 Å². The second kappa shape index (κ2) is 8.67. The smallest absolute Gasteiger partial charge is 0.317 e. The minimum atomic E-state index is -0.555. The fourth-order valence-electron chi connectivity index (χ4n) is 3.66. The van der Waals surface area contributed by atoms with Crippen molar-refractivity contribution >= 4 is 11.9 Å². The van der Waals surface area contributed by atoms with Crippen LogP contribution in [0.3, 0.4) is 0 Å². The summed E-state index contributed by atoms with van der Waals surface area (Å²) in [5, 5.41) is 2.82. The summed E-state index contributed by atoms with van der Waals surface area (Å²) in [4.78, 5) is 28.9. The van der Waals surface area contributed by atoms with Crippen molar-refractivity contribution in [2.45, 2.75) is 24.9 Å². The maximum Gasteiger partial charge on any atom is 0.317 e. The molecular formula is C19H26FN3O4. The topological polar surface area (TPSA) is 71.1 Å². The standard InChI is InChI=1S/C19H26FN3O4/c1-26-11-8-21-18(25)22-9-6-17(24)23(19(13-22)7-10-27-14-19)12-15-2-4-16(20)5-3-15/h2-5H,6-14H2,1H3,(H,21,25). The SMILES string of the molecule is COCCNC(=O)N1CCC(=O)N(Cc2ccc(F)cc2)C2(CCOC2)C1. The van der Waals surface area contributed by atoms with Gasteiger partial charge in [-0.3, -0.25) is 4.79 Å². The quantitative estimate of drug-likeness (QED) is 0.785. The van der Waals surface area contributed by atoms with Gasteiger partial charge in [0, 0.05) is 46.3 Å². The Morgan fingerprint density at radius 2 is 2.15 bits per heavy atom. The van der Waals surface area contributed by atoms with E-state index in [1.807, 2.05) is 4.90 Å². The van der Waals surface area contributed by atoms with Crippen LogP contribution in [0.15, 0.2) is 24.3 Å². The van der Waals surface area contributed by atoms with E-state index in [2.05, 4.69) is 5.32 Å². The molecule has 0 saturated carbocycles. The van der Waals surface area contributed by atoms with E-state index in [0.29, 0.717) is 52.4 Å². The molecule has 2 heterocycles. The van der Waals surface area contributed by atoms with Crippen LogP contribution in [0.5, 0.6) is 0 Å². The molecule has 3 rings (SSSR count). The predicted molar refractivity (Wildman–Crippen MR) is 96.6 cm³/mol. The molecular weight excluding hydrogens is 353 g/mol. The Morgan fingerprint density at radius 1 is 1.37 bits per heavy atom. The minimum absolute atomic E-state index is 0.0167. The Bertz CT molecular complexity index is 661.